The number of rotatable bonds is 1. The summed E-state index contributed by atoms with van der Waals surface area (Å²) in [5, 5.41) is 4.25. The second-order valence-corrected chi connectivity index (χ2v) is 3.88. The Balaban J connectivity index is 3.11. The fourth-order valence-electron chi connectivity index (χ4n) is 1.27. The van der Waals surface area contributed by atoms with Crippen LogP contribution in [0.2, 0.25) is 0 Å². The van der Waals surface area contributed by atoms with Crippen molar-refractivity contribution in [3.63, 3.8) is 0 Å². The highest BCUT2D eigenvalue weighted by Crippen LogP contribution is 2.22. The van der Waals surface area contributed by atoms with Gasteiger partial charge in [0.05, 0.1) is 24.5 Å². The molecule has 0 spiro atoms. The van der Waals surface area contributed by atoms with E-state index < -0.39 is 0 Å². The number of aromatic nitrogens is 2. The average Bonchev–Trinajstić information content (AvgIpc) is 2.29. The average molecular weight is 168 g/mol. The van der Waals surface area contributed by atoms with Gasteiger partial charge in [-0.3, -0.25) is 4.68 Å². The summed E-state index contributed by atoms with van der Waals surface area (Å²) in [6.07, 6.45) is 1.75. The molecule has 0 radical (unpaired) electrons. The van der Waals surface area contributed by atoms with Crippen LogP contribution in [0.4, 0.5) is 0 Å². The molecule has 0 bridgehead atoms. The van der Waals surface area contributed by atoms with Gasteiger partial charge in [-0.15, -0.1) is 0 Å². The zero-order valence-corrected chi connectivity index (χ0v) is 8.38. The maximum absolute atomic E-state index is 5.14. The standard InChI is InChI=1S/C9H16N2O/c1-7-8(12-5)6-10-11(7)9(2,3)4/h6H,1-5H3. The minimum atomic E-state index is 0.0286. The predicted octanol–water partition coefficient (Wildman–Crippen LogP) is 1.96. The van der Waals surface area contributed by atoms with Crippen LogP contribution in [0.5, 0.6) is 5.75 Å². The molecular weight excluding hydrogens is 152 g/mol. The van der Waals surface area contributed by atoms with Crippen molar-refractivity contribution in [3.8, 4) is 5.75 Å². The molecule has 3 heteroatoms. The van der Waals surface area contributed by atoms with Gasteiger partial charge in [0.1, 0.15) is 0 Å². The van der Waals surface area contributed by atoms with Gasteiger partial charge in [-0.05, 0) is 27.7 Å². The molecule has 0 aliphatic carbocycles. The Morgan fingerprint density at radius 3 is 2.25 bits per heavy atom. The molecule has 0 N–H and O–H groups in total. The first-order valence-electron chi connectivity index (χ1n) is 4.06. The van der Waals surface area contributed by atoms with Gasteiger partial charge in [-0.25, -0.2) is 0 Å². The summed E-state index contributed by atoms with van der Waals surface area (Å²) in [5.41, 5.74) is 1.10. The SMILES string of the molecule is COc1cnn(C(C)(C)C)c1C. The van der Waals surface area contributed by atoms with Crippen molar-refractivity contribution in [1.29, 1.82) is 0 Å². The monoisotopic (exact) mass is 168 g/mol. The summed E-state index contributed by atoms with van der Waals surface area (Å²) in [6, 6.07) is 0. The van der Waals surface area contributed by atoms with Gasteiger partial charge in [0.25, 0.3) is 0 Å². The van der Waals surface area contributed by atoms with Crippen molar-refractivity contribution < 1.29 is 4.74 Å². The molecule has 0 atom stereocenters. The number of ether oxygens (including phenoxy) is 1. The fourth-order valence-corrected chi connectivity index (χ4v) is 1.27. The van der Waals surface area contributed by atoms with Gasteiger partial charge >= 0.3 is 0 Å². The van der Waals surface area contributed by atoms with E-state index >= 15 is 0 Å². The van der Waals surface area contributed by atoms with Crippen molar-refractivity contribution in [2.45, 2.75) is 33.2 Å². The maximum Gasteiger partial charge on any atom is 0.159 e. The van der Waals surface area contributed by atoms with Crippen molar-refractivity contribution in [2.75, 3.05) is 7.11 Å². The number of hydrogen-bond donors (Lipinski definition) is 0. The van der Waals surface area contributed by atoms with Crippen LogP contribution in [0.1, 0.15) is 26.5 Å². The molecule has 0 aliphatic heterocycles. The van der Waals surface area contributed by atoms with Crippen LogP contribution in [0.25, 0.3) is 0 Å². The summed E-state index contributed by atoms with van der Waals surface area (Å²) >= 11 is 0. The molecule has 1 rings (SSSR count). The number of hydrogen-bond acceptors (Lipinski definition) is 2. The van der Waals surface area contributed by atoms with Gasteiger partial charge in [-0.2, -0.15) is 5.10 Å². The Kier molecular flexibility index (Phi) is 2.13. The summed E-state index contributed by atoms with van der Waals surface area (Å²) in [4.78, 5) is 0. The lowest BCUT2D eigenvalue weighted by Gasteiger charge is -2.21. The van der Waals surface area contributed by atoms with Gasteiger partial charge in [-0.1, -0.05) is 0 Å². The van der Waals surface area contributed by atoms with Gasteiger partial charge in [0.15, 0.2) is 5.75 Å². The Bertz CT molecular complexity index is 271. The van der Waals surface area contributed by atoms with E-state index in [1.165, 1.54) is 0 Å². The first kappa shape index (κ1) is 9.10. The molecule has 0 amide bonds. The molecule has 12 heavy (non-hydrogen) atoms. The second kappa shape index (κ2) is 2.81. The Hall–Kier alpha value is -0.990. The normalized spacial score (nSPS) is 11.8. The van der Waals surface area contributed by atoms with Crippen molar-refractivity contribution in [1.82, 2.24) is 9.78 Å². The lowest BCUT2D eigenvalue weighted by Crippen LogP contribution is -2.24. The smallest absolute Gasteiger partial charge is 0.159 e. The van der Waals surface area contributed by atoms with E-state index in [0.29, 0.717) is 0 Å². The van der Waals surface area contributed by atoms with E-state index in [4.69, 9.17) is 4.74 Å². The van der Waals surface area contributed by atoms with Crippen LogP contribution in [-0.2, 0) is 5.54 Å². The summed E-state index contributed by atoms with van der Waals surface area (Å²) < 4.78 is 7.10. The third-order valence-corrected chi connectivity index (χ3v) is 1.82. The first-order chi connectivity index (χ1) is 5.46. The van der Waals surface area contributed by atoms with Crippen LogP contribution in [0.15, 0.2) is 6.20 Å². The topological polar surface area (TPSA) is 27.1 Å². The number of nitrogens with zero attached hydrogens (tertiary/aromatic N) is 2. The highest BCUT2D eigenvalue weighted by atomic mass is 16.5. The lowest BCUT2D eigenvalue weighted by atomic mass is 10.1. The van der Waals surface area contributed by atoms with Crippen LogP contribution in [-0.4, -0.2) is 16.9 Å². The van der Waals surface area contributed by atoms with Crippen LogP contribution in [0, 0.1) is 6.92 Å². The molecule has 0 unspecified atom stereocenters. The Morgan fingerprint density at radius 1 is 1.42 bits per heavy atom. The quantitative estimate of drug-likeness (QED) is 0.641. The number of methoxy groups -OCH3 is 1. The molecule has 0 aromatic carbocycles. The van der Waals surface area contributed by atoms with E-state index in [2.05, 4.69) is 25.9 Å². The van der Waals surface area contributed by atoms with Crippen molar-refractivity contribution >= 4 is 0 Å². The molecule has 0 aliphatic rings. The summed E-state index contributed by atoms with van der Waals surface area (Å²) in [5.74, 6) is 0.852. The van der Waals surface area contributed by atoms with E-state index in [-0.39, 0.29) is 5.54 Å². The second-order valence-electron chi connectivity index (χ2n) is 3.88. The highest BCUT2D eigenvalue weighted by molar-refractivity contribution is 5.24. The Labute approximate surface area is 73.3 Å². The lowest BCUT2D eigenvalue weighted by molar-refractivity contribution is 0.342. The van der Waals surface area contributed by atoms with Gasteiger partial charge in [0.2, 0.25) is 0 Å². The van der Waals surface area contributed by atoms with E-state index in [1.807, 2.05) is 11.6 Å². The third kappa shape index (κ3) is 1.44. The van der Waals surface area contributed by atoms with E-state index in [9.17, 15) is 0 Å². The molecule has 68 valence electrons. The molecule has 3 nitrogen and oxygen atoms in total. The third-order valence-electron chi connectivity index (χ3n) is 1.82. The highest BCUT2D eigenvalue weighted by Gasteiger charge is 2.18. The van der Waals surface area contributed by atoms with Crippen LogP contribution < -0.4 is 4.74 Å². The largest absolute Gasteiger partial charge is 0.493 e. The molecule has 1 aromatic heterocycles. The summed E-state index contributed by atoms with van der Waals surface area (Å²) in [6.45, 7) is 8.36. The van der Waals surface area contributed by atoms with E-state index in [0.717, 1.165) is 11.4 Å². The zero-order valence-electron chi connectivity index (χ0n) is 8.38. The summed E-state index contributed by atoms with van der Waals surface area (Å²) in [7, 11) is 1.66. The molecule has 0 fully saturated rings. The van der Waals surface area contributed by atoms with Crippen LogP contribution in [0.3, 0.4) is 0 Å². The van der Waals surface area contributed by atoms with Crippen molar-refractivity contribution in [2.24, 2.45) is 0 Å². The fraction of sp³-hybridized carbons (Fsp3) is 0.667. The molecule has 0 saturated carbocycles. The maximum atomic E-state index is 5.14. The first-order valence-corrected chi connectivity index (χ1v) is 4.06. The molecular formula is C9H16N2O. The zero-order chi connectivity index (χ0) is 9.35. The van der Waals surface area contributed by atoms with Crippen LogP contribution >= 0.6 is 0 Å². The Morgan fingerprint density at radius 2 is 2.00 bits per heavy atom. The van der Waals surface area contributed by atoms with Gasteiger partial charge in [0, 0.05) is 0 Å². The minimum absolute atomic E-state index is 0.0286. The molecule has 1 heterocycles. The molecule has 1 aromatic rings. The molecule has 0 saturated heterocycles. The van der Waals surface area contributed by atoms with Crippen molar-refractivity contribution in [3.05, 3.63) is 11.9 Å². The minimum Gasteiger partial charge on any atom is -0.493 e. The van der Waals surface area contributed by atoms with E-state index in [1.54, 1.807) is 13.3 Å². The van der Waals surface area contributed by atoms with Gasteiger partial charge < -0.3 is 4.74 Å². The predicted molar refractivity (Wildman–Crippen MR) is 48.5 cm³/mol.